The second-order valence-corrected chi connectivity index (χ2v) is 3.80. The maximum Gasteiger partial charge on any atom is 0.343 e. The molecule has 1 heterocycles. The largest absolute Gasteiger partial charge is 0.394 e. The van der Waals surface area contributed by atoms with Crippen molar-refractivity contribution in [3.8, 4) is 0 Å². The second-order valence-electron chi connectivity index (χ2n) is 2.74. The smallest absolute Gasteiger partial charge is 0.343 e. The first kappa shape index (κ1) is 12.3. The summed E-state index contributed by atoms with van der Waals surface area (Å²) < 4.78 is 6.65. The topological polar surface area (TPSA) is 80.1 Å². The van der Waals surface area contributed by atoms with Crippen LogP contribution in [-0.2, 0) is 11.3 Å². The van der Waals surface area contributed by atoms with Gasteiger partial charge < -0.3 is 9.84 Å². The average Bonchev–Trinajstić information content (AvgIpc) is 2.59. The highest BCUT2D eigenvalue weighted by molar-refractivity contribution is 7.99. The molecule has 7 heteroatoms. The Bertz CT molecular complexity index is 336. The molecule has 0 atom stereocenters. The van der Waals surface area contributed by atoms with Gasteiger partial charge in [0.2, 0.25) is 0 Å². The van der Waals surface area contributed by atoms with Gasteiger partial charge in [0.1, 0.15) is 0 Å². The molecule has 0 radical (unpaired) electrons. The van der Waals surface area contributed by atoms with Gasteiger partial charge in [0, 0.05) is 12.3 Å². The van der Waals surface area contributed by atoms with Crippen LogP contribution in [0.5, 0.6) is 0 Å². The minimum atomic E-state index is -0.184. The number of nitrogens with one attached hydrogen (secondary N) is 1. The van der Waals surface area contributed by atoms with Crippen LogP contribution in [0.25, 0.3) is 0 Å². The highest BCUT2D eigenvalue weighted by Crippen LogP contribution is 2.11. The van der Waals surface area contributed by atoms with Crippen LogP contribution in [0.2, 0.25) is 0 Å². The van der Waals surface area contributed by atoms with Crippen LogP contribution in [0.4, 0.5) is 0 Å². The van der Waals surface area contributed by atoms with Crippen molar-refractivity contribution in [3.05, 3.63) is 10.5 Å². The number of aliphatic hydroxyl groups excluding tert-OH is 1. The maximum atomic E-state index is 11.2. The van der Waals surface area contributed by atoms with Gasteiger partial charge >= 0.3 is 5.69 Å². The molecule has 0 aliphatic carbocycles. The molecule has 2 N–H and O–H groups in total. The lowest BCUT2D eigenvalue weighted by atomic mass is 10.7. The molecule has 1 aromatic heterocycles. The molecule has 0 saturated carbocycles. The Morgan fingerprint density at radius 3 is 3.07 bits per heavy atom. The highest BCUT2D eigenvalue weighted by atomic mass is 32.2. The predicted octanol–water partition coefficient (Wildman–Crippen LogP) is -0.308. The summed E-state index contributed by atoms with van der Waals surface area (Å²) in [6.45, 7) is 3.42. The summed E-state index contributed by atoms with van der Waals surface area (Å²) in [5, 5.41) is 15.4. The number of hydrogen-bond donors (Lipinski definition) is 2. The molecule has 0 aliphatic heterocycles. The maximum absolute atomic E-state index is 11.2. The number of ether oxygens (including phenoxy) is 1. The van der Waals surface area contributed by atoms with Crippen LogP contribution in [0.3, 0.4) is 0 Å². The number of aromatic amines is 1. The van der Waals surface area contributed by atoms with Gasteiger partial charge in [-0.05, 0) is 6.92 Å². The van der Waals surface area contributed by atoms with Gasteiger partial charge in [-0.15, -0.1) is 5.10 Å². The Labute approximate surface area is 91.6 Å². The summed E-state index contributed by atoms with van der Waals surface area (Å²) in [6, 6.07) is 0. The van der Waals surface area contributed by atoms with E-state index in [1.54, 1.807) is 4.57 Å². The quantitative estimate of drug-likeness (QED) is 0.499. The van der Waals surface area contributed by atoms with Crippen LogP contribution in [0, 0.1) is 0 Å². The Hall–Kier alpha value is -0.790. The van der Waals surface area contributed by atoms with Gasteiger partial charge in [-0.2, -0.15) is 0 Å². The number of aliphatic hydroxyl groups is 1. The minimum Gasteiger partial charge on any atom is -0.394 e. The van der Waals surface area contributed by atoms with E-state index >= 15 is 0 Å². The lowest BCUT2D eigenvalue weighted by Gasteiger charge is -2.02. The van der Waals surface area contributed by atoms with Gasteiger partial charge in [-0.25, -0.2) is 9.89 Å². The first-order chi connectivity index (χ1) is 7.29. The predicted molar refractivity (Wildman–Crippen MR) is 57.2 cm³/mol. The van der Waals surface area contributed by atoms with E-state index in [9.17, 15) is 4.79 Å². The van der Waals surface area contributed by atoms with E-state index in [1.807, 2.05) is 6.92 Å². The fourth-order valence-electron chi connectivity index (χ4n) is 1.05. The monoisotopic (exact) mass is 233 g/mol. The average molecular weight is 233 g/mol. The van der Waals surface area contributed by atoms with E-state index in [1.165, 1.54) is 11.8 Å². The summed E-state index contributed by atoms with van der Waals surface area (Å²) in [7, 11) is 0. The molecule has 0 bridgehead atoms. The molecule has 0 fully saturated rings. The van der Waals surface area contributed by atoms with Crippen molar-refractivity contribution in [1.82, 2.24) is 14.8 Å². The van der Waals surface area contributed by atoms with Crippen LogP contribution in [-0.4, -0.2) is 45.4 Å². The number of nitrogens with zero attached hydrogens (tertiary/aromatic N) is 2. The first-order valence-corrected chi connectivity index (χ1v) is 5.74. The lowest BCUT2D eigenvalue weighted by molar-refractivity contribution is 0.103. The highest BCUT2D eigenvalue weighted by Gasteiger charge is 2.05. The van der Waals surface area contributed by atoms with Crippen molar-refractivity contribution in [2.75, 3.05) is 25.6 Å². The van der Waals surface area contributed by atoms with Crippen molar-refractivity contribution in [1.29, 1.82) is 0 Å². The molecule has 6 nitrogen and oxygen atoms in total. The van der Waals surface area contributed by atoms with Crippen molar-refractivity contribution in [3.63, 3.8) is 0 Å². The van der Waals surface area contributed by atoms with E-state index in [4.69, 9.17) is 9.84 Å². The van der Waals surface area contributed by atoms with Crippen molar-refractivity contribution >= 4 is 11.8 Å². The van der Waals surface area contributed by atoms with Crippen LogP contribution >= 0.6 is 11.8 Å². The number of H-pyrrole nitrogens is 1. The van der Waals surface area contributed by atoms with E-state index in [0.29, 0.717) is 30.7 Å². The normalized spacial score (nSPS) is 10.8. The van der Waals surface area contributed by atoms with Gasteiger partial charge in [-0.3, -0.25) is 4.57 Å². The molecule has 0 spiro atoms. The van der Waals surface area contributed by atoms with Crippen LogP contribution in [0.15, 0.2) is 9.95 Å². The summed E-state index contributed by atoms with van der Waals surface area (Å²) >= 11 is 1.46. The van der Waals surface area contributed by atoms with E-state index in [0.717, 1.165) is 0 Å². The molecule has 0 aliphatic rings. The van der Waals surface area contributed by atoms with E-state index in [2.05, 4.69) is 10.2 Å². The molecular weight excluding hydrogens is 218 g/mol. The third kappa shape index (κ3) is 3.69. The van der Waals surface area contributed by atoms with Crippen molar-refractivity contribution in [2.45, 2.75) is 18.6 Å². The Balaban J connectivity index is 2.34. The molecule has 0 amide bonds. The Morgan fingerprint density at radius 2 is 2.40 bits per heavy atom. The SMILES string of the molecule is CCn1c(SCCOCCO)n[nH]c1=O. The molecule has 1 aromatic rings. The number of thioether (sulfide) groups is 1. The molecular formula is C8H15N3O3S. The van der Waals surface area contributed by atoms with Gasteiger partial charge in [-0.1, -0.05) is 11.8 Å². The Morgan fingerprint density at radius 1 is 1.60 bits per heavy atom. The Kier molecular flexibility index (Phi) is 5.44. The standard InChI is InChI=1S/C8H15N3O3S/c1-2-11-7(13)9-10-8(11)15-6-5-14-4-3-12/h12H,2-6H2,1H3,(H,9,13). The molecule has 0 saturated heterocycles. The summed E-state index contributed by atoms with van der Waals surface area (Å²) in [4.78, 5) is 11.2. The third-order valence-corrected chi connectivity index (χ3v) is 2.67. The summed E-state index contributed by atoms with van der Waals surface area (Å²) in [5.41, 5.74) is -0.184. The van der Waals surface area contributed by atoms with Gasteiger partial charge in [0.05, 0.1) is 19.8 Å². The number of rotatable bonds is 7. The zero-order valence-corrected chi connectivity index (χ0v) is 9.42. The van der Waals surface area contributed by atoms with Crippen LogP contribution < -0.4 is 5.69 Å². The van der Waals surface area contributed by atoms with E-state index in [-0.39, 0.29) is 12.3 Å². The number of aromatic nitrogens is 3. The van der Waals surface area contributed by atoms with Gasteiger partial charge in [0.25, 0.3) is 0 Å². The molecule has 1 rings (SSSR count). The minimum absolute atomic E-state index is 0.0345. The summed E-state index contributed by atoms with van der Waals surface area (Å²) in [6.07, 6.45) is 0. The molecule has 86 valence electrons. The van der Waals surface area contributed by atoms with Crippen molar-refractivity contribution in [2.24, 2.45) is 0 Å². The molecule has 0 aromatic carbocycles. The van der Waals surface area contributed by atoms with E-state index < -0.39 is 0 Å². The molecule has 0 unspecified atom stereocenters. The zero-order chi connectivity index (χ0) is 11.1. The van der Waals surface area contributed by atoms with Crippen LogP contribution in [0.1, 0.15) is 6.92 Å². The fraction of sp³-hybridized carbons (Fsp3) is 0.750. The fourth-order valence-corrected chi connectivity index (χ4v) is 1.91. The third-order valence-electron chi connectivity index (χ3n) is 1.73. The second kappa shape index (κ2) is 6.65. The number of hydrogen-bond acceptors (Lipinski definition) is 5. The van der Waals surface area contributed by atoms with Crippen molar-refractivity contribution < 1.29 is 9.84 Å². The zero-order valence-electron chi connectivity index (χ0n) is 8.60. The van der Waals surface area contributed by atoms with Gasteiger partial charge in [0.15, 0.2) is 5.16 Å². The first-order valence-electron chi connectivity index (χ1n) is 4.76. The lowest BCUT2D eigenvalue weighted by Crippen LogP contribution is -2.16. The molecule has 15 heavy (non-hydrogen) atoms. The summed E-state index contributed by atoms with van der Waals surface area (Å²) in [5.74, 6) is 0.713.